The molecule has 1 aliphatic heterocycles. The fourth-order valence-electron chi connectivity index (χ4n) is 4.38. The Balaban J connectivity index is 2.18. The van der Waals surface area contributed by atoms with Crippen LogP contribution in [0, 0.1) is 17.3 Å². The standard InChI is InChI=1S/C26H37N3O6/c1-6-16(2)19(13-26(3,4)5)24(34)27-14-22(31)29-20-10-8-7-9-17(20)11-21(29)25(35)28-18(15-30)12-23(32)33/h7-10,15-16,18-19,21H,6,11-14H2,1-5H3,(H,27,34)(H,28,35)(H,32,33)/t16-,18-,19-,21-/m0/s1. The second kappa shape index (κ2) is 12.0. The molecule has 0 bridgehead atoms. The maximum atomic E-state index is 13.3. The van der Waals surface area contributed by atoms with E-state index in [1.54, 1.807) is 24.3 Å². The zero-order chi connectivity index (χ0) is 26.3. The van der Waals surface area contributed by atoms with Gasteiger partial charge in [-0.2, -0.15) is 0 Å². The molecule has 1 aliphatic rings. The number of nitrogens with zero attached hydrogens (tertiary/aromatic N) is 1. The number of fused-ring (bicyclic) bond motifs is 1. The van der Waals surface area contributed by atoms with Crippen molar-refractivity contribution in [3.05, 3.63) is 29.8 Å². The molecule has 1 aromatic carbocycles. The van der Waals surface area contributed by atoms with Crippen LogP contribution in [0.3, 0.4) is 0 Å². The Morgan fingerprint density at radius 2 is 1.86 bits per heavy atom. The Hall–Kier alpha value is -3.23. The molecule has 0 radical (unpaired) electrons. The number of carboxylic acid groups (broad SMARTS) is 1. The van der Waals surface area contributed by atoms with Crippen molar-refractivity contribution >= 4 is 35.7 Å². The van der Waals surface area contributed by atoms with Gasteiger partial charge in [-0.05, 0) is 29.4 Å². The van der Waals surface area contributed by atoms with Gasteiger partial charge in [0.15, 0.2) is 0 Å². The number of hydrogen-bond acceptors (Lipinski definition) is 5. The minimum Gasteiger partial charge on any atom is -0.481 e. The third kappa shape index (κ3) is 7.63. The largest absolute Gasteiger partial charge is 0.481 e. The molecule has 9 nitrogen and oxygen atoms in total. The summed E-state index contributed by atoms with van der Waals surface area (Å²) in [6.45, 7) is 9.99. The van der Waals surface area contributed by atoms with Gasteiger partial charge < -0.3 is 20.5 Å². The maximum absolute atomic E-state index is 13.3. The lowest BCUT2D eigenvalue weighted by Crippen LogP contribution is -2.53. The Bertz CT molecular complexity index is 955. The van der Waals surface area contributed by atoms with Crippen molar-refractivity contribution in [2.24, 2.45) is 17.3 Å². The number of benzene rings is 1. The quantitative estimate of drug-likeness (QED) is 0.410. The number of carbonyl (C=O) groups excluding carboxylic acids is 4. The lowest BCUT2D eigenvalue weighted by atomic mass is 9.78. The van der Waals surface area contributed by atoms with E-state index in [1.165, 1.54) is 4.90 Å². The Kier molecular flexibility index (Phi) is 9.56. The first-order valence-electron chi connectivity index (χ1n) is 12.0. The summed E-state index contributed by atoms with van der Waals surface area (Å²) < 4.78 is 0. The van der Waals surface area contributed by atoms with Crippen LogP contribution in [-0.4, -0.2) is 53.7 Å². The number of amides is 3. The molecule has 9 heteroatoms. The van der Waals surface area contributed by atoms with E-state index < -0.39 is 36.3 Å². The van der Waals surface area contributed by atoms with E-state index in [2.05, 4.69) is 31.4 Å². The molecular formula is C26H37N3O6. The molecule has 0 spiro atoms. The second-order valence-electron chi connectivity index (χ2n) is 10.4. The molecule has 2 rings (SSSR count). The van der Waals surface area contributed by atoms with E-state index in [4.69, 9.17) is 5.11 Å². The Morgan fingerprint density at radius 3 is 2.43 bits per heavy atom. The molecule has 0 aliphatic carbocycles. The number of carboxylic acids is 1. The first kappa shape index (κ1) is 28.0. The highest BCUT2D eigenvalue weighted by Gasteiger charge is 2.39. The topological polar surface area (TPSA) is 133 Å². The van der Waals surface area contributed by atoms with Crippen molar-refractivity contribution in [1.82, 2.24) is 10.6 Å². The molecule has 1 heterocycles. The van der Waals surface area contributed by atoms with Gasteiger partial charge in [0, 0.05) is 18.0 Å². The predicted octanol–water partition coefficient (Wildman–Crippen LogP) is 2.32. The number of anilines is 1. The summed E-state index contributed by atoms with van der Waals surface area (Å²) in [5.41, 5.74) is 1.27. The Morgan fingerprint density at radius 1 is 1.20 bits per heavy atom. The minimum atomic E-state index is -1.22. The average Bonchev–Trinajstić information content (AvgIpc) is 3.18. The van der Waals surface area contributed by atoms with Crippen LogP contribution in [0.4, 0.5) is 5.69 Å². The van der Waals surface area contributed by atoms with E-state index >= 15 is 0 Å². The lowest BCUT2D eigenvalue weighted by molar-refractivity contribution is -0.139. The number of para-hydroxylation sites is 1. The summed E-state index contributed by atoms with van der Waals surface area (Å²) in [7, 11) is 0. The number of aliphatic carboxylic acids is 1. The van der Waals surface area contributed by atoms with Gasteiger partial charge in [0.1, 0.15) is 12.3 Å². The van der Waals surface area contributed by atoms with E-state index in [0.29, 0.717) is 18.4 Å². The molecule has 0 saturated carbocycles. The van der Waals surface area contributed by atoms with Crippen molar-refractivity contribution < 1.29 is 29.1 Å². The maximum Gasteiger partial charge on any atom is 0.305 e. The van der Waals surface area contributed by atoms with Gasteiger partial charge in [-0.25, -0.2) is 0 Å². The van der Waals surface area contributed by atoms with Gasteiger partial charge in [0.25, 0.3) is 0 Å². The molecule has 35 heavy (non-hydrogen) atoms. The van der Waals surface area contributed by atoms with Crippen molar-refractivity contribution in [3.63, 3.8) is 0 Å². The molecule has 0 unspecified atom stereocenters. The van der Waals surface area contributed by atoms with Gasteiger partial charge in [0.05, 0.1) is 19.0 Å². The van der Waals surface area contributed by atoms with Crippen LogP contribution in [0.15, 0.2) is 24.3 Å². The van der Waals surface area contributed by atoms with E-state index in [1.807, 2.05) is 13.8 Å². The van der Waals surface area contributed by atoms with Crippen LogP contribution in [-0.2, 0) is 30.4 Å². The molecule has 0 saturated heterocycles. The summed E-state index contributed by atoms with van der Waals surface area (Å²) >= 11 is 0. The summed E-state index contributed by atoms with van der Waals surface area (Å²) in [6, 6.07) is 4.92. The van der Waals surface area contributed by atoms with Crippen molar-refractivity contribution in [1.29, 1.82) is 0 Å². The number of nitrogens with one attached hydrogen (secondary N) is 2. The third-order valence-electron chi connectivity index (χ3n) is 6.35. The normalized spacial score (nSPS) is 17.6. The molecule has 192 valence electrons. The Labute approximate surface area is 206 Å². The van der Waals surface area contributed by atoms with Gasteiger partial charge in [0.2, 0.25) is 17.7 Å². The summed E-state index contributed by atoms with van der Waals surface area (Å²) in [6.07, 6.45) is 1.54. The number of carbonyl (C=O) groups is 5. The van der Waals surface area contributed by atoms with Crippen LogP contribution in [0.5, 0.6) is 0 Å². The summed E-state index contributed by atoms with van der Waals surface area (Å²) in [4.78, 5) is 62.8. The molecule has 0 fully saturated rings. The van der Waals surface area contributed by atoms with Crippen molar-refractivity contribution in [2.75, 3.05) is 11.4 Å². The molecule has 3 N–H and O–H groups in total. The van der Waals surface area contributed by atoms with Crippen LogP contribution < -0.4 is 15.5 Å². The minimum absolute atomic E-state index is 0.0579. The highest BCUT2D eigenvalue weighted by Crippen LogP contribution is 2.33. The third-order valence-corrected chi connectivity index (χ3v) is 6.35. The van der Waals surface area contributed by atoms with Gasteiger partial charge in [-0.1, -0.05) is 59.2 Å². The van der Waals surface area contributed by atoms with Gasteiger partial charge in [-0.15, -0.1) is 0 Å². The van der Waals surface area contributed by atoms with Gasteiger partial charge in [-0.3, -0.25) is 24.1 Å². The van der Waals surface area contributed by atoms with Crippen molar-refractivity contribution in [3.8, 4) is 0 Å². The van der Waals surface area contributed by atoms with E-state index in [9.17, 15) is 24.0 Å². The van der Waals surface area contributed by atoms with Crippen LogP contribution in [0.2, 0.25) is 0 Å². The zero-order valence-corrected chi connectivity index (χ0v) is 21.2. The number of hydrogen-bond donors (Lipinski definition) is 3. The summed E-state index contributed by atoms with van der Waals surface area (Å²) in [5.74, 6) is -2.60. The average molecular weight is 488 g/mol. The predicted molar refractivity (Wildman–Crippen MR) is 132 cm³/mol. The first-order chi connectivity index (χ1) is 16.4. The number of rotatable bonds is 11. The molecule has 3 amide bonds. The smallest absolute Gasteiger partial charge is 0.305 e. The molecule has 1 aromatic rings. The molecule has 4 atom stereocenters. The van der Waals surface area contributed by atoms with Crippen molar-refractivity contribution in [2.45, 2.75) is 72.4 Å². The monoisotopic (exact) mass is 487 g/mol. The van der Waals surface area contributed by atoms with Gasteiger partial charge >= 0.3 is 5.97 Å². The number of aldehydes is 1. The fraction of sp³-hybridized carbons (Fsp3) is 0.577. The highest BCUT2D eigenvalue weighted by molar-refractivity contribution is 6.05. The zero-order valence-electron chi connectivity index (χ0n) is 21.2. The van der Waals surface area contributed by atoms with Crippen LogP contribution >= 0.6 is 0 Å². The molecule has 0 aromatic heterocycles. The van der Waals surface area contributed by atoms with E-state index in [-0.39, 0.29) is 36.1 Å². The van der Waals surface area contributed by atoms with E-state index in [0.717, 1.165) is 12.0 Å². The van der Waals surface area contributed by atoms with Crippen LogP contribution in [0.25, 0.3) is 0 Å². The second-order valence-corrected chi connectivity index (χ2v) is 10.4. The SMILES string of the molecule is CC[C@H](C)[C@H](CC(C)(C)C)C(=O)NCC(=O)N1c2ccccc2C[C@H]1C(=O)N[C@H](C=O)CC(=O)O. The van der Waals surface area contributed by atoms with Crippen LogP contribution in [0.1, 0.15) is 59.4 Å². The highest BCUT2D eigenvalue weighted by atomic mass is 16.4. The fourth-order valence-corrected chi connectivity index (χ4v) is 4.38. The lowest BCUT2D eigenvalue weighted by Gasteiger charge is -2.30. The molecular weight excluding hydrogens is 450 g/mol. The summed E-state index contributed by atoms with van der Waals surface area (Å²) in [5, 5.41) is 14.1. The first-order valence-corrected chi connectivity index (χ1v) is 12.0.